The Kier molecular flexibility index (Phi) is 8.18. The quantitative estimate of drug-likeness (QED) is 0.243. The van der Waals surface area contributed by atoms with Gasteiger partial charge >= 0.3 is 0 Å². The molecule has 0 saturated carbocycles. The SMILES string of the molecule is C=C1CCN(Cc2cc(F)ccc2Cl)C/C1=C(\c1ccc2[nH]cc(Cl)c2c1)N(C)c1c(CC)cccc1CC. The highest BCUT2D eigenvalue weighted by Gasteiger charge is 2.26. The summed E-state index contributed by atoms with van der Waals surface area (Å²) in [4.78, 5) is 7.93. The van der Waals surface area contributed by atoms with Crippen molar-refractivity contribution in [3.05, 3.63) is 117 Å². The second-order valence-corrected chi connectivity index (χ2v) is 11.0. The van der Waals surface area contributed by atoms with Gasteiger partial charge in [0.1, 0.15) is 5.82 Å². The fourth-order valence-corrected chi connectivity index (χ4v) is 6.09. The van der Waals surface area contributed by atoms with Crippen LogP contribution in [-0.2, 0) is 19.4 Å². The van der Waals surface area contributed by atoms with Crippen molar-refractivity contribution >= 4 is 45.5 Å². The smallest absolute Gasteiger partial charge is 0.123 e. The number of hydrogen-bond acceptors (Lipinski definition) is 2. The van der Waals surface area contributed by atoms with E-state index in [1.165, 1.54) is 34.5 Å². The maximum absolute atomic E-state index is 14.0. The zero-order chi connectivity index (χ0) is 27.7. The molecule has 0 unspecified atom stereocenters. The maximum atomic E-state index is 14.0. The van der Waals surface area contributed by atoms with Gasteiger partial charge in [-0.3, -0.25) is 4.90 Å². The third kappa shape index (κ3) is 5.51. The topological polar surface area (TPSA) is 22.3 Å². The highest BCUT2D eigenvalue weighted by molar-refractivity contribution is 6.35. The van der Waals surface area contributed by atoms with E-state index in [2.05, 4.69) is 78.7 Å². The lowest BCUT2D eigenvalue weighted by molar-refractivity contribution is 0.277. The van der Waals surface area contributed by atoms with Gasteiger partial charge in [-0.15, -0.1) is 0 Å². The molecule has 0 spiro atoms. The molecule has 1 N–H and O–H groups in total. The molecule has 39 heavy (non-hydrogen) atoms. The number of aromatic amines is 1. The van der Waals surface area contributed by atoms with E-state index in [9.17, 15) is 4.39 Å². The molecule has 0 amide bonds. The van der Waals surface area contributed by atoms with Crippen LogP contribution in [0.3, 0.4) is 0 Å². The van der Waals surface area contributed by atoms with Gasteiger partial charge in [-0.2, -0.15) is 0 Å². The molecule has 202 valence electrons. The number of para-hydroxylation sites is 1. The summed E-state index contributed by atoms with van der Waals surface area (Å²) in [5.41, 5.74) is 10.1. The summed E-state index contributed by atoms with van der Waals surface area (Å²) >= 11 is 13.0. The number of fused-ring (bicyclic) bond motifs is 1. The van der Waals surface area contributed by atoms with Crippen LogP contribution in [0.15, 0.2) is 78.5 Å². The number of rotatable bonds is 7. The molecule has 1 aromatic heterocycles. The van der Waals surface area contributed by atoms with Crippen LogP contribution >= 0.6 is 23.2 Å². The Bertz CT molecular complexity index is 1550. The van der Waals surface area contributed by atoms with E-state index in [0.717, 1.165) is 59.1 Å². The van der Waals surface area contributed by atoms with E-state index in [1.807, 2.05) is 6.20 Å². The van der Waals surface area contributed by atoms with Crippen molar-refractivity contribution in [2.75, 3.05) is 25.0 Å². The van der Waals surface area contributed by atoms with Crippen LogP contribution < -0.4 is 4.90 Å². The number of likely N-dealkylation sites (tertiary alicyclic amines) is 1. The van der Waals surface area contributed by atoms with Gasteiger partial charge in [0.05, 0.1) is 10.7 Å². The third-order valence-electron chi connectivity index (χ3n) is 7.77. The van der Waals surface area contributed by atoms with Crippen LogP contribution in [0.2, 0.25) is 10.0 Å². The van der Waals surface area contributed by atoms with Gasteiger partial charge in [0.2, 0.25) is 0 Å². The number of nitrogens with zero attached hydrogens (tertiary/aromatic N) is 2. The summed E-state index contributed by atoms with van der Waals surface area (Å²) in [6, 6.07) is 17.6. The van der Waals surface area contributed by atoms with Crippen molar-refractivity contribution in [2.24, 2.45) is 0 Å². The molecule has 5 rings (SSSR count). The van der Waals surface area contributed by atoms with Crippen molar-refractivity contribution < 1.29 is 4.39 Å². The lowest BCUT2D eigenvalue weighted by Crippen LogP contribution is -2.34. The number of anilines is 1. The third-order valence-corrected chi connectivity index (χ3v) is 8.45. The minimum Gasteiger partial charge on any atom is -0.360 e. The summed E-state index contributed by atoms with van der Waals surface area (Å²) in [5, 5.41) is 2.28. The Morgan fingerprint density at radius 2 is 1.74 bits per heavy atom. The molecule has 0 bridgehead atoms. The van der Waals surface area contributed by atoms with E-state index < -0.39 is 0 Å². The second-order valence-electron chi connectivity index (χ2n) is 10.2. The van der Waals surface area contributed by atoms with E-state index in [0.29, 0.717) is 23.1 Å². The number of aromatic nitrogens is 1. The molecule has 4 aromatic rings. The minimum atomic E-state index is -0.271. The average Bonchev–Trinajstić information content (AvgIpc) is 3.31. The van der Waals surface area contributed by atoms with Gasteiger partial charge in [0.25, 0.3) is 0 Å². The van der Waals surface area contributed by atoms with E-state index in [4.69, 9.17) is 23.2 Å². The molecule has 3 aromatic carbocycles. The monoisotopic (exact) mass is 561 g/mol. The zero-order valence-electron chi connectivity index (χ0n) is 22.8. The first-order valence-corrected chi connectivity index (χ1v) is 14.2. The Hall–Kier alpha value is -3.05. The molecule has 1 saturated heterocycles. The number of nitrogens with one attached hydrogen (secondary N) is 1. The molecule has 1 aliphatic heterocycles. The lowest BCUT2D eigenvalue weighted by Gasteiger charge is -2.36. The zero-order valence-corrected chi connectivity index (χ0v) is 24.3. The van der Waals surface area contributed by atoms with E-state index >= 15 is 0 Å². The van der Waals surface area contributed by atoms with Gasteiger partial charge in [-0.1, -0.05) is 67.9 Å². The number of benzene rings is 3. The molecular weight excluding hydrogens is 528 g/mol. The van der Waals surface area contributed by atoms with Crippen LogP contribution in [0, 0.1) is 5.82 Å². The number of hydrogen-bond donors (Lipinski definition) is 1. The van der Waals surface area contributed by atoms with Crippen LogP contribution in [-0.4, -0.2) is 30.0 Å². The molecule has 2 heterocycles. The Balaban J connectivity index is 1.66. The minimum absolute atomic E-state index is 0.271. The lowest BCUT2D eigenvalue weighted by atomic mass is 9.92. The summed E-state index contributed by atoms with van der Waals surface area (Å²) < 4.78 is 14.0. The summed E-state index contributed by atoms with van der Waals surface area (Å²) in [5.74, 6) is -0.271. The second kappa shape index (κ2) is 11.6. The highest BCUT2D eigenvalue weighted by Crippen LogP contribution is 2.39. The summed E-state index contributed by atoms with van der Waals surface area (Å²) in [6.07, 6.45) is 4.52. The summed E-state index contributed by atoms with van der Waals surface area (Å²) in [6.45, 7) is 11.0. The first kappa shape index (κ1) is 27.5. The van der Waals surface area contributed by atoms with Crippen LogP contribution in [0.4, 0.5) is 10.1 Å². The van der Waals surface area contributed by atoms with Crippen molar-refractivity contribution in [1.29, 1.82) is 0 Å². The Labute approximate surface area is 240 Å². The van der Waals surface area contributed by atoms with Gasteiger partial charge in [0.15, 0.2) is 0 Å². The van der Waals surface area contributed by atoms with E-state index in [-0.39, 0.29) is 5.82 Å². The fraction of sp³-hybridized carbons (Fsp3) is 0.273. The number of H-pyrrole nitrogens is 1. The van der Waals surface area contributed by atoms with E-state index in [1.54, 1.807) is 6.07 Å². The normalized spacial score (nSPS) is 15.7. The largest absolute Gasteiger partial charge is 0.360 e. The molecule has 6 heteroatoms. The molecule has 3 nitrogen and oxygen atoms in total. The van der Waals surface area contributed by atoms with Crippen molar-refractivity contribution in [2.45, 2.75) is 39.7 Å². The highest BCUT2D eigenvalue weighted by atomic mass is 35.5. The predicted octanol–water partition coefficient (Wildman–Crippen LogP) is 9.05. The van der Waals surface area contributed by atoms with Crippen molar-refractivity contribution in [1.82, 2.24) is 9.88 Å². The first-order valence-electron chi connectivity index (χ1n) is 13.5. The van der Waals surface area contributed by atoms with Gasteiger partial charge in [-0.25, -0.2) is 4.39 Å². The average molecular weight is 563 g/mol. The molecule has 0 aliphatic carbocycles. The standard InChI is InChI=1S/C33H34Cl2FN3/c1-5-22-8-7-9-23(6-2)32(22)38(4)33(24-10-13-31-27(17-24)30(35)18-37-31)28-20-39(15-14-21(28)3)19-25-16-26(36)11-12-29(25)34/h7-13,16-18,37H,3,5-6,14-15,19-20H2,1-2,4H3/b33-28-. The number of piperidine rings is 1. The molecule has 1 aliphatic rings. The predicted molar refractivity (Wildman–Crippen MR) is 164 cm³/mol. The van der Waals surface area contributed by atoms with Gasteiger partial charge in [-0.05, 0) is 83.0 Å². The first-order chi connectivity index (χ1) is 18.8. The van der Waals surface area contributed by atoms with Gasteiger partial charge in [0, 0.05) is 54.5 Å². The molecule has 0 atom stereocenters. The number of aryl methyl sites for hydroxylation is 2. The van der Waals surface area contributed by atoms with Gasteiger partial charge < -0.3 is 9.88 Å². The van der Waals surface area contributed by atoms with Crippen LogP contribution in [0.1, 0.15) is 42.5 Å². The Morgan fingerprint density at radius 1 is 1.00 bits per heavy atom. The van der Waals surface area contributed by atoms with Crippen LogP contribution in [0.5, 0.6) is 0 Å². The Morgan fingerprint density at radius 3 is 2.46 bits per heavy atom. The fourth-order valence-electron chi connectivity index (χ4n) is 5.70. The summed E-state index contributed by atoms with van der Waals surface area (Å²) in [7, 11) is 2.16. The van der Waals surface area contributed by atoms with Crippen LogP contribution in [0.25, 0.3) is 16.6 Å². The van der Waals surface area contributed by atoms with Crippen molar-refractivity contribution in [3.63, 3.8) is 0 Å². The number of halogens is 3. The molecule has 0 radical (unpaired) electrons. The van der Waals surface area contributed by atoms with Crippen molar-refractivity contribution in [3.8, 4) is 0 Å². The maximum Gasteiger partial charge on any atom is 0.123 e. The molecular formula is C33H34Cl2FN3. The molecule has 1 fully saturated rings.